The van der Waals surface area contributed by atoms with Crippen LogP contribution in [0.3, 0.4) is 0 Å². The molecule has 0 aliphatic heterocycles. The molecule has 0 bridgehead atoms. The number of nitrogens with one attached hydrogen (secondary N) is 1. The molecule has 0 saturated heterocycles. The number of aromatic nitrogens is 3. The Morgan fingerprint density at radius 1 is 1.18 bits per heavy atom. The molecule has 2 heterocycles. The van der Waals surface area contributed by atoms with Gasteiger partial charge in [-0.2, -0.15) is 0 Å². The van der Waals surface area contributed by atoms with Gasteiger partial charge in [-0.15, -0.1) is 0 Å². The summed E-state index contributed by atoms with van der Waals surface area (Å²) in [6, 6.07) is 6.70. The maximum atomic E-state index is 13.3. The van der Waals surface area contributed by atoms with E-state index in [1.165, 1.54) is 41.7 Å². The van der Waals surface area contributed by atoms with E-state index in [1.807, 2.05) is 0 Å². The standard InChI is InChI=1S/C23H27N5O4S/c1-33(31,32)17-8-9-18-19(12-17)26-14-28(23(18)30)20(11-15-5-3-2-4-6-15)22(29)27-21-10-7-16(24)13-25-21/h7-10,12-15,20H,2-6,11,24H2,1H3,(H,25,27,29). The van der Waals surface area contributed by atoms with Gasteiger partial charge in [0.2, 0.25) is 5.91 Å². The van der Waals surface area contributed by atoms with Gasteiger partial charge in [-0.05, 0) is 42.7 Å². The van der Waals surface area contributed by atoms with Gasteiger partial charge in [0, 0.05) is 6.26 Å². The Balaban J connectivity index is 1.71. The highest BCUT2D eigenvalue weighted by Gasteiger charge is 2.28. The van der Waals surface area contributed by atoms with Gasteiger partial charge in [0.05, 0.1) is 34.0 Å². The summed E-state index contributed by atoms with van der Waals surface area (Å²) in [6.07, 6.45) is 9.82. The maximum absolute atomic E-state index is 13.3. The molecular formula is C23H27N5O4S. The lowest BCUT2D eigenvalue weighted by Crippen LogP contribution is -2.35. The Morgan fingerprint density at radius 3 is 2.61 bits per heavy atom. The number of amides is 1. The number of carbonyl (C=O) groups excluding carboxylic acids is 1. The van der Waals surface area contributed by atoms with Crippen LogP contribution < -0.4 is 16.6 Å². The van der Waals surface area contributed by atoms with Crippen molar-refractivity contribution < 1.29 is 13.2 Å². The maximum Gasteiger partial charge on any atom is 0.261 e. The van der Waals surface area contributed by atoms with Crippen molar-refractivity contribution in [1.29, 1.82) is 0 Å². The summed E-state index contributed by atoms with van der Waals surface area (Å²) in [5.74, 6) is 0.320. The topological polar surface area (TPSA) is 137 Å². The van der Waals surface area contributed by atoms with Crippen LogP contribution in [0.25, 0.3) is 10.9 Å². The highest BCUT2D eigenvalue weighted by Crippen LogP contribution is 2.31. The first-order chi connectivity index (χ1) is 15.7. The summed E-state index contributed by atoms with van der Waals surface area (Å²) in [4.78, 5) is 35.2. The third-order valence-electron chi connectivity index (χ3n) is 6.14. The number of nitrogens with zero attached hydrogens (tertiary/aromatic N) is 3. The lowest BCUT2D eigenvalue weighted by molar-refractivity contribution is -0.120. The average Bonchev–Trinajstić information content (AvgIpc) is 2.79. The molecule has 33 heavy (non-hydrogen) atoms. The first-order valence-electron chi connectivity index (χ1n) is 11.0. The van der Waals surface area contributed by atoms with Gasteiger partial charge in [0.25, 0.3) is 5.56 Å². The minimum Gasteiger partial charge on any atom is -0.397 e. The Bertz CT molecular complexity index is 1330. The monoisotopic (exact) mass is 469 g/mol. The van der Waals surface area contributed by atoms with Crippen LogP contribution in [-0.2, 0) is 14.6 Å². The first-order valence-corrected chi connectivity index (χ1v) is 12.8. The van der Waals surface area contributed by atoms with Crippen LogP contribution in [0, 0.1) is 5.92 Å². The molecule has 1 saturated carbocycles. The number of hydrogen-bond acceptors (Lipinski definition) is 7. The van der Waals surface area contributed by atoms with E-state index in [1.54, 1.807) is 12.1 Å². The van der Waals surface area contributed by atoms with Gasteiger partial charge >= 0.3 is 0 Å². The Labute approximate surface area is 192 Å². The van der Waals surface area contributed by atoms with Gasteiger partial charge < -0.3 is 11.1 Å². The van der Waals surface area contributed by atoms with E-state index in [0.717, 1.165) is 31.9 Å². The molecule has 0 radical (unpaired) electrons. The van der Waals surface area contributed by atoms with Gasteiger partial charge in [-0.3, -0.25) is 14.2 Å². The molecule has 1 aromatic carbocycles. The summed E-state index contributed by atoms with van der Waals surface area (Å²) < 4.78 is 25.1. The molecule has 4 rings (SSSR count). The molecule has 174 valence electrons. The van der Waals surface area contributed by atoms with E-state index in [9.17, 15) is 18.0 Å². The number of fused-ring (bicyclic) bond motifs is 1. The van der Waals surface area contributed by atoms with E-state index in [0.29, 0.717) is 23.8 Å². The van der Waals surface area contributed by atoms with Gasteiger partial charge in [-0.25, -0.2) is 18.4 Å². The SMILES string of the molecule is CS(=O)(=O)c1ccc2c(=O)n(C(CC3CCCCC3)C(=O)Nc3ccc(N)cn3)cnc2c1. The summed E-state index contributed by atoms with van der Waals surface area (Å²) in [7, 11) is -3.43. The number of hydrogen-bond donors (Lipinski definition) is 2. The summed E-state index contributed by atoms with van der Waals surface area (Å²) >= 11 is 0. The van der Waals surface area contributed by atoms with Crippen molar-refractivity contribution in [2.45, 2.75) is 49.5 Å². The van der Waals surface area contributed by atoms with E-state index in [4.69, 9.17) is 5.73 Å². The fourth-order valence-corrected chi connectivity index (χ4v) is 4.98. The summed E-state index contributed by atoms with van der Waals surface area (Å²) in [6.45, 7) is 0. The van der Waals surface area contributed by atoms with Crippen LogP contribution in [0.5, 0.6) is 0 Å². The van der Waals surface area contributed by atoms with Crippen LogP contribution >= 0.6 is 0 Å². The molecule has 0 spiro atoms. The van der Waals surface area contributed by atoms with E-state index in [-0.39, 0.29) is 27.3 Å². The summed E-state index contributed by atoms with van der Waals surface area (Å²) in [5, 5.41) is 3.05. The molecule has 3 N–H and O–H groups in total. The van der Waals surface area contributed by atoms with Crippen molar-refractivity contribution in [3.05, 3.63) is 53.2 Å². The largest absolute Gasteiger partial charge is 0.397 e. The van der Waals surface area contributed by atoms with Crippen LogP contribution in [0.4, 0.5) is 11.5 Å². The van der Waals surface area contributed by atoms with Crippen LogP contribution in [0.2, 0.25) is 0 Å². The second-order valence-corrected chi connectivity index (χ2v) is 10.6. The predicted molar refractivity (Wildman–Crippen MR) is 127 cm³/mol. The van der Waals surface area contributed by atoms with E-state index in [2.05, 4.69) is 15.3 Å². The normalized spacial score (nSPS) is 15.9. The molecule has 3 aromatic rings. The zero-order valence-corrected chi connectivity index (χ0v) is 19.2. The molecule has 1 aliphatic rings. The van der Waals surface area contributed by atoms with Crippen LogP contribution in [0.15, 0.2) is 52.5 Å². The van der Waals surface area contributed by atoms with Gasteiger partial charge in [-0.1, -0.05) is 32.1 Å². The fourth-order valence-electron chi connectivity index (χ4n) is 4.34. The van der Waals surface area contributed by atoms with Crippen LogP contribution in [-0.4, -0.2) is 35.1 Å². The second-order valence-electron chi connectivity index (χ2n) is 8.63. The zero-order chi connectivity index (χ0) is 23.6. The Hall–Kier alpha value is -3.27. The second kappa shape index (κ2) is 9.30. The van der Waals surface area contributed by atoms with Crippen LogP contribution in [0.1, 0.15) is 44.6 Å². The zero-order valence-electron chi connectivity index (χ0n) is 18.4. The van der Waals surface area contributed by atoms with Crippen molar-refractivity contribution in [2.75, 3.05) is 17.3 Å². The van der Waals surface area contributed by atoms with Gasteiger partial charge in [0.15, 0.2) is 9.84 Å². The van der Waals surface area contributed by atoms with Crippen molar-refractivity contribution in [2.24, 2.45) is 5.92 Å². The number of pyridine rings is 1. The molecular weight excluding hydrogens is 442 g/mol. The van der Waals surface area contributed by atoms with Crippen molar-refractivity contribution in [1.82, 2.24) is 14.5 Å². The predicted octanol–water partition coefficient (Wildman–Crippen LogP) is 2.93. The average molecular weight is 470 g/mol. The molecule has 1 atom stereocenters. The molecule has 1 aliphatic carbocycles. The highest BCUT2D eigenvalue weighted by molar-refractivity contribution is 7.90. The Kier molecular flexibility index (Phi) is 6.46. The third-order valence-corrected chi connectivity index (χ3v) is 7.25. The van der Waals surface area contributed by atoms with Crippen molar-refractivity contribution >= 4 is 38.2 Å². The highest BCUT2D eigenvalue weighted by atomic mass is 32.2. The quantitative estimate of drug-likeness (QED) is 0.566. The first kappa shape index (κ1) is 22.9. The number of anilines is 2. The number of rotatable bonds is 6. The minimum atomic E-state index is -3.43. The lowest BCUT2D eigenvalue weighted by Gasteiger charge is -2.27. The number of carbonyl (C=O) groups is 1. The molecule has 2 aromatic heterocycles. The number of nitrogen functional groups attached to an aromatic ring is 1. The smallest absolute Gasteiger partial charge is 0.261 e. The van der Waals surface area contributed by atoms with E-state index >= 15 is 0 Å². The molecule has 1 unspecified atom stereocenters. The molecule has 10 heteroatoms. The molecule has 1 amide bonds. The minimum absolute atomic E-state index is 0.0885. The summed E-state index contributed by atoms with van der Waals surface area (Å²) in [5.41, 5.74) is 6.04. The lowest BCUT2D eigenvalue weighted by atomic mass is 9.84. The third kappa shape index (κ3) is 5.22. The van der Waals surface area contributed by atoms with Crippen molar-refractivity contribution in [3.63, 3.8) is 0 Å². The number of sulfone groups is 1. The molecule has 9 nitrogen and oxygen atoms in total. The van der Waals surface area contributed by atoms with Crippen molar-refractivity contribution in [3.8, 4) is 0 Å². The Morgan fingerprint density at radius 2 is 1.94 bits per heavy atom. The van der Waals surface area contributed by atoms with Gasteiger partial charge in [0.1, 0.15) is 11.9 Å². The fraction of sp³-hybridized carbons (Fsp3) is 0.391. The number of benzene rings is 1. The molecule has 1 fully saturated rings. The van der Waals surface area contributed by atoms with E-state index < -0.39 is 15.9 Å². The number of nitrogens with two attached hydrogens (primary N) is 1.